The monoisotopic (exact) mass is 322 g/mol. The molecule has 0 radical (unpaired) electrons. The number of carbonyl (C=O) groups is 2. The fourth-order valence-corrected chi connectivity index (χ4v) is 2.33. The average Bonchev–Trinajstić information content (AvgIpc) is 3.02. The Morgan fingerprint density at radius 1 is 1.08 bits per heavy atom. The molecule has 1 aromatic heterocycles. The number of furan rings is 1. The van der Waals surface area contributed by atoms with E-state index >= 15 is 0 Å². The molecular weight excluding hydrogens is 308 g/mol. The Hall–Kier alpha value is -3.34. The summed E-state index contributed by atoms with van der Waals surface area (Å²) in [5.74, 6) is -0.338. The van der Waals surface area contributed by atoms with Crippen molar-refractivity contribution in [2.45, 2.75) is 0 Å². The lowest BCUT2D eigenvalue weighted by Crippen LogP contribution is -1.99. The number of methoxy groups -OCH3 is 1. The van der Waals surface area contributed by atoms with Crippen LogP contribution in [-0.4, -0.2) is 24.0 Å². The molecule has 1 N–H and O–H groups in total. The quantitative estimate of drug-likeness (QED) is 0.571. The largest absolute Gasteiger partial charge is 0.497 e. The molecule has 24 heavy (non-hydrogen) atoms. The van der Waals surface area contributed by atoms with Gasteiger partial charge in [0.15, 0.2) is 5.76 Å². The van der Waals surface area contributed by atoms with Gasteiger partial charge >= 0.3 is 5.97 Å². The van der Waals surface area contributed by atoms with Crippen LogP contribution in [0.5, 0.6) is 5.75 Å². The van der Waals surface area contributed by atoms with Gasteiger partial charge in [-0.05, 0) is 54.1 Å². The molecule has 2 aromatic carbocycles. The molecule has 0 amide bonds. The van der Waals surface area contributed by atoms with Crippen molar-refractivity contribution < 1.29 is 23.8 Å². The number of ketones is 1. The summed E-state index contributed by atoms with van der Waals surface area (Å²) in [6.07, 6.45) is 2.55. The normalized spacial score (nSPS) is 11.0. The number of benzene rings is 2. The minimum atomic E-state index is -1.02. The number of carboxylic acid groups (broad SMARTS) is 1. The number of aliphatic carboxylic acids is 1. The molecule has 0 saturated carbocycles. The maximum Gasteiger partial charge on any atom is 0.328 e. The van der Waals surface area contributed by atoms with Crippen LogP contribution in [0.3, 0.4) is 0 Å². The van der Waals surface area contributed by atoms with Gasteiger partial charge < -0.3 is 14.3 Å². The van der Waals surface area contributed by atoms with Crippen LogP contribution in [0, 0.1) is 0 Å². The molecule has 3 rings (SSSR count). The van der Waals surface area contributed by atoms with Crippen molar-refractivity contribution in [3.63, 3.8) is 0 Å². The van der Waals surface area contributed by atoms with Crippen LogP contribution in [0.2, 0.25) is 0 Å². The molecule has 0 bridgehead atoms. The zero-order valence-electron chi connectivity index (χ0n) is 12.9. The number of ether oxygens (including phenoxy) is 1. The molecule has 5 heteroatoms. The Bertz CT molecular complexity index is 932. The van der Waals surface area contributed by atoms with Gasteiger partial charge in [0.25, 0.3) is 0 Å². The summed E-state index contributed by atoms with van der Waals surface area (Å²) in [6, 6.07) is 13.6. The number of carbonyl (C=O) groups excluding carboxylic acids is 1. The summed E-state index contributed by atoms with van der Waals surface area (Å²) in [6.45, 7) is 0. The van der Waals surface area contributed by atoms with Crippen molar-refractivity contribution in [3.8, 4) is 5.75 Å². The minimum absolute atomic E-state index is 0.225. The zero-order valence-corrected chi connectivity index (χ0v) is 12.9. The van der Waals surface area contributed by atoms with Crippen LogP contribution >= 0.6 is 0 Å². The second kappa shape index (κ2) is 6.42. The topological polar surface area (TPSA) is 76.7 Å². The van der Waals surface area contributed by atoms with Gasteiger partial charge in [0, 0.05) is 17.0 Å². The Kier molecular flexibility index (Phi) is 4.16. The molecule has 5 nitrogen and oxygen atoms in total. The van der Waals surface area contributed by atoms with Gasteiger partial charge in [0.1, 0.15) is 11.3 Å². The van der Waals surface area contributed by atoms with Crippen LogP contribution in [0.4, 0.5) is 0 Å². The van der Waals surface area contributed by atoms with E-state index in [1.54, 1.807) is 55.6 Å². The van der Waals surface area contributed by atoms with E-state index in [1.807, 2.05) is 0 Å². The van der Waals surface area contributed by atoms with Crippen molar-refractivity contribution in [2.24, 2.45) is 0 Å². The van der Waals surface area contributed by atoms with E-state index in [0.717, 1.165) is 11.5 Å². The Morgan fingerprint density at radius 2 is 1.83 bits per heavy atom. The van der Waals surface area contributed by atoms with E-state index in [1.165, 1.54) is 6.08 Å². The van der Waals surface area contributed by atoms with Crippen LogP contribution in [-0.2, 0) is 4.79 Å². The van der Waals surface area contributed by atoms with Crippen LogP contribution in [0.25, 0.3) is 17.0 Å². The third-order valence-electron chi connectivity index (χ3n) is 3.53. The fraction of sp³-hybridized carbons (Fsp3) is 0.0526. The van der Waals surface area contributed by atoms with Crippen molar-refractivity contribution in [1.82, 2.24) is 0 Å². The lowest BCUT2D eigenvalue weighted by molar-refractivity contribution is -0.131. The molecule has 0 aliphatic heterocycles. The van der Waals surface area contributed by atoms with Crippen molar-refractivity contribution in [2.75, 3.05) is 7.11 Å². The lowest BCUT2D eigenvalue weighted by atomic mass is 10.1. The number of fused-ring (bicyclic) bond motifs is 1. The molecule has 1 heterocycles. The maximum absolute atomic E-state index is 12.5. The molecule has 0 fully saturated rings. The first kappa shape index (κ1) is 15.6. The number of hydrogen-bond donors (Lipinski definition) is 1. The summed E-state index contributed by atoms with van der Waals surface area (Å²) in [5.41, 5.74) is 1.79. The van der Waals surface area contributed by atoms with E-state index in [4.69, 9.17) is 14.3 Å². The summed E-state index contributed by atoms with van der Waals surface area (Å²) < 4.78 is 10.7. The zero-order chi connectivity index (χ0) is 17.1. The standard InChI is InChI=1S/C19H14O5/c1-23-15-6-4-13(5-7-15)19(22)17-11-14-10-12(3-9-18(20)21)2-8-16(14)24-17/h2-11H,1H3,(H,20,21)/b9-3+. The van der Waals surface area contributed by atoms with Crippen LogP contribution in [0.1, 0.15) is 21.7 Å². The third kappa shape index (κ3) is 3.20. The Labute approximate surface area is 137 Å². The average molecular weight is 322 g/mol. The second-order valence-corrected chi connectivity index (χ2v) is 5.14. The van der Waals surface area contributed by atoms with Gasteiger partial charge in [-0.3, -0.25) is 4.79 Å². The smallest absolute Gasteiger partial charge is 0.328 e. The van der Waals surface area contributed by atoms with Gasteiger partial charge in [-0.2, -0.15) is 0 Å². The highest BCUT2D eigenvalue weighted by Gasteiger charge is 2.14. The van der Waals surface area contributed by atoms with Crippen molar-refractivity contribution >= 4 is 28.8 Å². The summed E-state index contributed by atoms with van der Waals surface area (Å²) in [5, 5.41) is 9.41. The number of rotatable bonds is 5. The van der Waals surface area contributed by atoms with Gasteiger partial charge in [-0.15, -0.1) is 0 Å². The van der Waals surface area contributed by atoms with Gasteiger partial charge in [-0.1, -0.05) is 6.07 Å². The highest BCUT2D eigenvalue weighted by atomic mass is 16.5. The number of hydrogen-bond acceptors (Lipinski definition) is 4. The Balaban J connectivity index is 1.91. The highest BCUT2D eigenvalue weighted by Crippen LogP contribution is 2.24. The van der Waals surface area contributed by atoms with E-state index in [-0.39, 0.29) is 11.5 Å². The van der Waals surface area contributed by atoms with E-state index in [9.17, 15) is 9.59 Å². The van der Waals surface area contributed by atoms with Crippen LogP contribution in [0.15, 0.2) is 59.0 Å². The highest BCUT2D eigenvalue weighted by molar-refractivity contribution is 6.09. The van der Waals surface area contributed by atoms with Gasteiger partial charge in [-0.25, -0.2) is 4.79 Å². The van der Waals surface area contributed by atoms with Crippen molar-refractivity contribution in [1.29, 1.82) is 0 Å². The molecule has 0 spiro atoms. The first-order chi connectivity index (χ1) is 11.6. The summed E-state index contributed by atoms with van der Waals surface area (Å²) in [7, 11) is 1.56. The Morgan fingerprint density at radius 3 is 2.50 bits per heavy atom. The first-order valence-corrected chi connectivity index (χ1v) is 7.20. The maximum atomic E-state index is 12.5. The second-order valence-electron chi connectivity index (χ2n) is 5.14. The molecule has 0 aliphatic carbocycles. The SMILES string of the molecule is COc1ccc(C(=O)c2cc3cc(/C=C/C(=O)O)ccc3o2)cc1. The molecule has 0 saturated heterocycles. The minimum Gasteiger partial charge on any atom is -0.497 e. The number of carboxylic acids is 1. The van der Waals surface area contributed by atoms with Gasteiger partial charge in [0.05, 0.1) is 7.11 Å². The molecule has 0 unspecified atom stereocenters. The lowest BCUT2D eigenvalue weighted by Gasteiger charge is -2.00. The molecule has 3 aromatic rings. The molecular formula is C19H14O5. The third-order valence-corrected chi connectivity index (χ3v) is 3.53. The fourth-order valence-electron chi connectivity index (χ4n) is 2.33. The van der Waals surface area contributed by atoms with Crippen LogP contribution < -0.4 is 4.74 Å². The van der Waals surface area contributed by atoms with Gasteiger partial charge in [0.2, 0.25) is 5.78 Å². The predicted molar refractivity (Wildman–Crippen MR) is 89.3 cm³/mol. The van der Waals surface area contributed by atoms with E-state index < -0.39 is 5.97 Å². The van der Waals surface area contributed by atoms with E-state index in [2.05, 4.69) is 0 Å². The molecule has 0 atom stereocenters. The predicted octanol–water partition coefficient (Wildman–Crippen LogP) is 3.77. The summed E-state index contributed by atoms with van der Waals surface area (Å²) in [4.78, 5) is 23.1. The molecule has 0 aliphatic rings. The first-order valence-electron chi connectivity index (χ1n) is 7.20. The molecule has 120 valence electrons. The van der Waals surface area contributed by atoms with E-state index in [0.29, 0.717) is 22.5 Å². The van der Waals surface area contributed by atoms with Crippen molar-refractivity contribution in [3.05, 3.63) is 71.5 Å². The summed E-state index contributed by atoms with van der Waals surface area (Å²) >= 11 is 0.